The first kappa shape index (κ1) is 21.0. The van der Waals surface area contributed by atoms with Crippen molar-refractivity contribution in [3.8, 4) is 5.75 Å². The molecule has 7 nitrogen and oxygen atoms in total. The summed E-state index contributed by atoms with van der Waals surface area (Å²) in [6.07, 6.45) is 0.237. The molecule has 1 unspecified atom stereocenters. The number of hydrogen-bond acceptors (Lipinski definition) is 5. The highest BCUT2D eigenvalue weighted by atomic mass is 35.5. The van der Waals surface area contributed by atoms with Crippen molar-refractivity contribution < 1.29 is 17.9 Å². The number of halogens is 1. The highest BCUT2D eigenvalue weighted by Crippen LogP contribution is 2.37. The van der Waals surface area contributed by atoms with Crippen LogP contribution in [0.4, 0.5) is 5.69 Å². The number of carbonyl (C=O) groups is 1. The van der Waals surface area contributed by atoms with Crippen molar-refractivity contribution in [2.24, 2.45) is 0 Å². The van der Waals surface area contributed by atoms with Crippen LogP contribution >= 0.6 is 11.6 Å². The van der Waals surface area contributed by atoms with Gasteiger partial charge in [0.25, 0.3) is 5.91 Å². The van der Waals surface area contributed by atoms with Gasteiger partial charge in [-0.1, -0.05) is 41.9 Å². The van der Waals surface area contributed by atoms with Gasteiger partial charge in [-0.3, -0.25) is 14.0 Å². The summed E-state index contributed by atoms with van der Waals surface area (Å²) in [7, 11) is -3.58. The average Bonchev–Trinajstić information content (AvgIpc) is 2.73. The number of sulfonamides is 1. The lowest BCUT2D eigenvalue weighted by atomic mass is 10.1. The molecule has 2 aliphatic heterocycles. The Morgan fingerprint density at radius 2 is 1.80 bits per heavy atom. The second-order valence-corrected chi connectivity index (χ2v) is 9.94. The topological polar surface area (TPSA) is 70.2 Å². The molecule has 1 atom stereocenters. The summed E-state index contributed by atoms with van der Waals surface area (Å²) in [5, 5.41) is 0.408. The minimum Gasteiger partial charge on any atom is -0.476 e. The summed E-state index contributed by atoms with van der Waals surface area (Å²) in [5.74, 6) is 0.153. The molecule has 160 valence electrons. The maximum atomic E-state index is 13.1. The molecule has 0 aliphatic carbocycles. The predicted molar refractivity (Wildman–Crippen MR) is 116 cm³/mol. The smallest absolute Gasteiger partial charge is 0.265 e. The standard InChI is InChI=1S/C21H24ClN3O4S/c1-30(27,28)25-15-20(29-19-8-7-17(22)13-18(19)25)21(26)24-11-9-23(10-12-24)14-16-5-3-2-4-6-16/h2-8,13,20H,9-12,14-15H2,1H3. The van der Waals surface area contributed by atoms with Crippen LogP contribution in [0.25, 0.3) is 0 Å². The van der Waals surface area contributed by atoms with Gasteiger partial charge in [-0.25, -0.2) is 8.42 Å². The van der Waals surface area contributed by atoms with E-state index < -0.39 is 16.1 Å². The van der Waals surface area contributed by atoms with Crippen molar-refractivity contribution >= 4 is 33.2 Å². The van der Waals surface area contributed by atoms with E-state index in [0.29, 0.717) is 29.5 Å². The van der Waals surface area contributed by atoms with Crippen LogP contribution in [0.1, 0.15) is 5.56 Å². The van der Waals surface area contributed by atoms with Crippen LogP contribution in [-0.4, -0.2) is 69.2 Å². The van der Waals surface area contributed by atoms with E-state index in [1.807, 2.05) is 18.2 Å². The van der Waals surface area contributed by atoms with Crippen LogP contribution in [0.3, 0.4) is 0 Å². The Bertz CT molecular complexity index is 1020. The first-order chi connectivity index (χ1) is 14.3. The zero-order valence-corrected chi connectivity index (χ0v) is 18.3. The molecular formula is C21H24ClN3O4S. The molecule has 0 saturated carbocycles. The fourth-order valence-electron chi connectivity index (χ4n) is 3.84. The van der Waals surface area contributed by atoms with E-state index in [0.717, 1.165) is 25.9 Å². The summed E-state index contributed by atoms with van der Waals surface area (Å²) in [4.78, 5) is 17.2. The first-order valence-corrected chi connectivity index (χ1v) is 12.0. The number of anilines is 1. The molecule has 9 heteroatoms. The molecule has 1 fully saturated rings. The second kappa shape index (κ2) is 8.45. The van der Waals surface area contributed by atoms with Crippen LogP contribution in [0.2, 0.25) is 5.02 Å². The first-order valence-electron chi connectivity index (χ1n) is 9.80. The van der Waals surface area contributed by atoms with Gasteiger partial charge in [-0.15, -0.1) is 0 Å². The van der Waals surface area contributed by atoms with Crippen molar-refractivity contribution in [1.82, 2.24) is 9.80 Å². The molecule has 4 rings (SSSR count). The molecule has 1 amide bonds. The summed E-state index contributed by atoms with van der Waals surface area (Å²) in [6, 6.07) is 15.0. The minimum atomic E-state index is -3.58. The van der Waals surface area contributed by atoms with Crippen molar-refractivity contribution in [2.45, 2.75) is 12.6 Å². The van der Waals surface area contributed by atoms with Crippen molar-refractivity contribution in [1.29, 1.82) is 0 Å². The highest BCUT2D eigenvalue weighted by Gasteiger charge is 2.37. The lowest BCUT2D eigenvalue weighted by Gasteiger charge is -2.39. The molecule has 0 radical (unpaired) electrons. The fourth-order valence-corrected chi connectivity index (χ4v) is 4.91. The molecule has 0 N–H and O–H groups in total. The van der Waals surface area contributed by atoms with Crippen molar-refractivity contribution in [3.63, 3.8) is 0 Å². The molecule has 30 heavy (non-hydrogen) atoms. The summed E-state index contributed by atoms with van der Waals surface area (Å²) < 4.78 is 31.7. The van der Waals surface area contributed by atoms with Gasteiger partial charge >= 0.3 is 0 Å². The third kappa shape index (κ3) is 4.55. The van der Waals surface area contributed by atoms with Crippen LogP contribution < -0.4 is 9.04 Å². The molecule has 2 aromatic carbocycles. The number of piperazine rings is 1. The van der Waals surface area contributed by atoms with Crippen molar-refractivity contribution in [2.75, 3.05) is 43.3 Å². The molecule has 0 bridgehead atoms. The quantitative estimate of drug-likeness (QED) is 0.715. The monoisotopic (exact) mass is 449 g/mol. The molecular weight excluding hydrogens is 426 g/mol. The Balaban J connectivity index is 1.43. The van der Waals surface area contributed by atoms with Crippen LogP contribution in [0, 0.1) is 0 Å². The van der Waals surface area contributed by atoms with Crippen LogP contribution in [-0.2, 0) is 21.4 Å². The third-order valence-electron chi connectivity index (χ3n) is 5.40. The van der Waals surface area contributed by atoms with E-state index in [9.17, 15) is 13.2 Å². The number of amides is 1. The van der Waals surface area contributed by atoms with E-state index in [2.05, 4.69) is 17.0 Å². The lowest BCUT2D eigenvalue weighted by Crippen LogP contribution is -2.56. The second-order valence-electron chi connectivity index (χ2n) is 7.60. The minimum absolute atomic E-state index is 0.0603. The number of carbonyl (C=O) groups excluding carboxylic acids is 1. The number of benzene rings is 2. The number of ether oxygens (including phenoxy) is 1. The Morgan fingerprint density at radius 1 is 1.10 bits per heavy atom. The summed E-state index contributed by atoms with van der Waals surface area (Å²) >= 11 is 6.03. The summed E-state index contributed by atoms with van der Waals surface area (Å²) in [5.41, 5.74) is 1.61. The molecule has 0 aromatic heterocycles. The van der Waals surface area contributed by atoms with Gasteiger partial charge in [-0.2, -0.15) is 0 Å². The number of nitrogens with zero attached hydrogens (tertiary/aromatic N) is 3. The normalized spacial score (nSPS) is 19.9. The maximum absolute atomic E-state index is 13.1. The molecule has 0 spiro atoms. The van der Waals surface area contributed by atoms with Crippen LogP contribution in [0.15, 0.2) is 48.5 Å². The molecule has 2 heterocycles. The zero-order chi connectivity index (χ0) is 21.3. The molecule has 2 aromatic rings. The van der Waals surface area contributed by atoms with Gasteiger partial charge in [0.1, 0.15) is 5.75 Å². The van der Waals surface area contributed by atoms with Gasteiger partial charge < -0.3 is 9.64 Å². The number of fused-ring (bicyclic) bond motifs is 1. The highest BCUT2D eigenvalue weighted by molar-refractivity contribution is 7.92. The van der Waals surface area contributed by atoms with E-state index >= 15 is 0 Å². The number of rotatable bonds is 4. The number of hydrogen-bond donors (Lipinski definition) is 0. The van der Waals surface area contributed by atoms with Gasteiger partial charge in [0.05, 0.1) is 18.5 Å². The van der Waals surface area contributed by atoms with Gasteiger partial charge in [-0.05, 0) is 23.8 Å². The Morgan fingerprint density at radius 3 is 2.47 bits per heavy atom. The third-order valence-corrected chi connectivity index (χ3v) is 6.78. The summed E-state index contributed by atoms with van der Waals surface area (Å²) in [6.45, 7) is 3.47. The average molecular weight is 450 g/mol. The predicted octanol–water partition coefficient (Wildman–Crippen LogP) is 2.21. The largest absolute Gasteiger partial charge is 0.476 e. The molecule has 1 saturated heterocycles. The fraction of sp³-hybridized carbons (Fsp3) is 0.381. The van der Waals surface area contributed by atoms with E-state index in [1.54, 1.807) is 23.1 Å². The Hall–Kier alpha value is -2.29. The van der Waals surface area contributed by atoms with E-state index in [1.165, 1.54) is 9.87 Å². The Kier molecular flexibility index (Phi) is 5.90. The maximum Gasteiger partial charge on any atom is 0.265 e. The van der Waals surface area contributed by atoms with Gasteiger partial charge in [0.2, 0.25) is 10.0 Å². The van der Waals surface area contributed by atoms with Gasteiger partial charge in [0, 0.05) is 37.7 Å². The van der Waals surface area contributed by atoms with Crippen LogP contribution in [0.5, 0.6) is 5.75 Å². The SMILES string of the molecule is CS(=O)(=O)N1CC(C(=O)N2CCN(Cc3ccccc3)CC2)Oc2ccc(Cl)cc21. The van der Waals surface area contributed by atoms with E-state index in [-0.39, 0.29) is 12.5 Å². The zero-order valence-electron chi connectivity index (χ0n) is 16.7. The van der Waals surface area contributed by atoms with E-state index in [4.69, 9.17) is 16.3 Å². The molecule has 2 aliphatic rings. The van der Waals surface area contributed by atoms with Gasteiger partial charge in [0.15, 0.2) is 6.10 Å². The lowest BCUT2D eigenvalue weighted by molar-refractivity contribution is -0.140. The van der Waals surface area contributed by atoms with Crippen molar-refractivity contribution in [3.05, 3.63) is 59.1 Å². The Labute approximate surface area is 181 Å².